The molecule has 21 heavy (non-hydrogen) atoms. The van der Waals surface area contributed by atoms with Crippen LogP contribution in [0.15, 0.2) is 23.1 Å². The zero-order valence-electron chi connectivity index (χ0n) is 12.1. The van der Waals surface area contributed by atoms with E-state index in [0.717, 1.165) is 0 Å². The smallest absolute Gasteiger partial charge is 0.261 e. The molecule has 118 valence electrons. The number of benzene rings is 1. The summed E-state index contributed by atoms with van der Waals surface area (Å²) in [7, 11) is 3.06. The second-order valence-electron chi connectivity index (χ2n) is 4.58. The standard InChI is InChI=1S/C13H18ClNO5S/c1-9-6-11(4-5-12(9)21(14,17)18)20-8-13(16)15-10(2)7-19-3/h4-6,10H,7-8H2,1-3H3,(H,15,16). The molecule has 0 aliphatic heterocycles. The quantitative estimate of drug-likeness (QED) is 0.763. The summed E-state index contributed by atoms with van der Waals surface area (Å²) in [6, 6.07) is 4.20. The van der Waals surface area contributed by atoms with Crippen molar-refractivity contribution in [2.45, 2.75) is 24.8 Å². The van der Waals surface area contributed by atoms with Crippen LogP contribution < -0.4 is 10.1 Å². The molecule has 0 radical (unpaired) electrons. The molecular weight excluding hydrogens is 318 g/mol. The molecule has 0 aliphatic rings. The minimum Gasteiger partial charge on any atom is -0.484 e. The largest absolute Gasteiger partial charge is 0.484 e. The second-order valence-corrected chi connectivity index (χ2v) is 7.11. The van der Waals surface area contributed by atoms with Gasteiger partial charge in [0.1, 0.15) is 5.75 Å². The van der Waals surface area contributed by atoms with Crippen molar-refractivity contribution < 1.29 is 22.7 Å². The van der Waals surface area contributed by atoms with E-state index in [1.54, 1.807) is 14.0 Å². The fourth-order valence-electron chi connectivity index (χ4n) is 1.74. The van der Waals surface area contributed by atoms with Crippen molar-refractivity contribution in [2.24, 2.45) is 0 Å². The number of carbonyl (C=O) groups is 1. The lowest BCUT2D eigenvalue weighted by Gasteiger charge is -2.13. The van der Waals surface area contributed by atoms with Crippen LogP contribution in [0.25, 0.3) is 0 Å². The predicted octanol–water partition coefficient (Wildman–Crippen LogP) is 1.45. The molecule has 0 spiro atoms. The van der Waals surface area contributed by atoms with Crippen LogP contribution in [0.2, 0.25) is 0 Å². The van der Waals surface area contributed by atoms with E-state index in [4.69, 9.17) is 20.2 Å². The molecule has 6 nitrogen and oxygen atoms in total. The first-order valence-corrected chi connectivity index (χ1v) is 8.51. The van der Waals surface area contributed by atoms with E-state index in [9.17, 15) is 13.2 Å². The van der Waals surface area contributed by atoms with Crippen molar-refractivity contribution in [1.29, 1.82) is 0 Å². The molecule has 1 atom stereocenters. The topological polar surface area (TPSA) is 81.7 Å². The van der Waals surface area contributed by atoms with E-state index in [-0.39, 0.29) is 23.5 Å². The highest BCUT2D eigenvalue weighted by molar-refractivity contribution is 8.13. The van der Waals surface area contributed by atoms with Gasteiger partial charge in [-0.3, -0.25) is 4.79 Å². The first-order valence-electron chi connectivity index (χ1n) is 6.20. The van der Waals surface area contributed by atoms with Crippen LogP contribution in [0.3, 0.4) is 0 Å². The molecule has 1 N–H and O–H groups in total. The van der Waals surface area contributed by atoms with Gasteiger partial charge in [0.15, 0.2) is 6.61 Å². The maximum atomic E-state index is 11.6. The number of hydrogen-bond acceptors (Lipinski definition) is 5. The number of methoxy groups -OCH3 is 1. The third kappa shape index (κ3) is 5.91. The molecule has 0 aliphatic carbocycles. The highest BCUT2D eigenvalue weighted by Crippen LogP contribution is 2.23. The van der Waals surface area contributed by atoms with Crippen molar-refractivity contribution in [1.82, 2.24) is 5.32 Å². The molecule has 1 rings (SSSR count). The highest BCUT2D eigenvalue weighted by Gasteiger charge is 2.14. The van der Waals surface area contributed by atoms with Gasteiger partial charge in [-0.25, -0.2) is 8.42 Å². The molecule has 0 aromatic heterocycles. The van der Waals surface area contributed by atoms with Gasteiger partial charge < -0.3 is 14.8 Å². The Morgan fingerprint density at radius 1 is 1.43 bits per heavy atom. The molecular formula is C13H18ClNO5S. The zero-order valence-corrected chi connectivity index (χ0v) is 13.6. The van der Waals surface area contributed by atoms with Crippen LogP contribution in [0.5, 0.6) is 5.75 Å². The Bertz CT molecular complexity index is 603. The number of hydrogen-bond donors (Lipinski definition) is 1. The van der Waals surface area contributed by atoms with Gasteiger partial charge in [-0.15, -0.1) is 0 Å². The molecule has 0 heterocycles. The van der Waals surface area contributed by atoms with E-state index in [2.05, 4.69) is 5.32 Å². The lowest BCUT2D eigenvalue weighted by Crippen LogP contribution is -2.38. The third-order valence-electron chi connectivity index (χ3n) is 2.60. The van der Waals surface area contributed by atoms with Gasteiger partial charge in [0.25, 0.3) is 15.0 Å². The maximum absolute atomic E-state index is 11.6. The lowest BCUT2D eigenvalue weighted by molar-refractivity contribution is -0.124. The van der Waals surface area contributed by atoms with E-state index < -0.39 is 9.05 Å². The Balaban J connectivity index is 2.61. The number of rotatable bonds is 7. The average molecular weight is 336 g/mol. The van der Waals surface area contributed by atoms with Crippen molar-refractivity contribution in [2.75, 3.05) is 20.3 Å². The molecule has 8 heteroatoms. The Hall–Kier alpha value is -1.31. The number of nitrogens with one attached hydrogen (secondary N) is 1. The van der Waals surface area contributed by atoms with Crippen LogP contribution in [-0.2, 0) is 18.6 Å². The van der Waals surface area contributed by atoms with Crippen LogP contribution in [0.1, 0.15) is 12.5 Å². The third-order valence-corrected chi connectivity index (χ3v) is 4.09. The Morgan fingerprint density at radius 3 is 2.62 bits per heavy atom. The number of carbonyl (C=O) groups excluding carboxylic acids is 1. The van der Waals surface area contributed by atoms with E-state index in [0.29, 0.717) is 17.9 Å². The van der Waals surface area contributed by atoms with Gasteiger partial charge in [0, 0.05) is 23.8 Å². The predicted molar refractivity (Wildman–Crippen MR) is 79.2 cm³/mol. The summed E-state index contributed by atoms with van der Waals surface area (Å²) in [5.41, 5.74) is 0.454. The summed E-state index contributed by atoms with van der Waals surface area (Å²) in [4.78, 5) is 11.6. The molecule has 1 aromatic rings. The first kappa shape index (κ1) is 17.7. The molecule has 1 aromatic carbocycles. The van der Waals surface area contributed by atoms with E-state index >= 15 is 0 Å². The van der Waals surface area contributed by atoms with Gasteiger partial charge in [-0.05, 0) is 37.6 Å². The summed E-state index contributed by atoms with van der Waals surface area (Å²) in [6.07, 6.45) is 0. The normalized spacial score (nSPS) is 12.8. The molecule has 0 fully saturated rings. The summed E-state index contributed by atoms with van der Waals surface area (Å²) in [5, 5.41) is 2.70. The molecule has 0 saturated heterocycles. The number of ether oxygens (including phenoxy) is 2. The van der Waals surface area contributed by atoms with Crippen LogP contribution in [-0.4, -0.2) is 40.7 Å². The molecule has 1 amide bonds. The van der Waals surface area contributed by atoms with Gasteiger partial charge >= 0.3 is 0 Å². The van der Waals surface area contributed by atoms with Crippen molar-refractivity contribution in [3.05, 3.63) is 23.8 Å². The van der Waals surface area contributed by atoms with Crippen LogP contribution in [0, 0.1) is 6.92 Å². The van der Waals surface area contributed by atoms with Gasteiger partial charge in [-0.1, -0.05) is 0 Å². The maximum Gasteiger partial charge on any atom is 0.261 e. The average Bonchev–Trinajstić information content (AvgIpc) is 2.35. The number of aryl methyl sites for hydroxylation is 1. The van der Waals surface area contributed by atoms with Gasteiger partial charge in [0.05, 0.1) is 11.5 Å². The Kier molecular flexibility index (Phi) is 6.44. The van der Waals surface area contributed by atoms with Crippen LogP contribution >= 0.6 is 10.7 Å². The first-order chi connectivity index (χ1) is 9.74. The molecule has 1 unspecified atom stereocenters. The highest BCUT2D eigenvalue weighted by atomic mass is 35.7. The van der Waals surface area contributed by atoms with E-state index in [1.165, 1.54) is 18.2 Å². The number of halogens is 1. The number of amides is 1. The summed E-state index contributed by atoms with van der Waals surface area (Å²) in [5.74, 6) is 0.109. The van der Waals surface area contributed by atoms with Crippen molar-refractivity contribution in [3.8, 4) is 5.75 Å². The van der Waals surface area contributed by atoms with Gasteiger partial charge in [0.2, 0.25) is 0 Å². The Morgan fingerprint density at radius 2 is 2.10 bits per heavy atom. The Labute approximate surface area is 128 Å². The molecule has 0 saturated carbocycles. The van der Waals surface area contributed by atoms with Gasteiger partial charge in [-0.2, -0.15) is 0 Å². The SMILES string of the molecule is COCC(C)NC(=O)COc1ccc(S(=O)(=O)Cl)c(C)c1. The van der Waals surface area contributed by atoms with Crippen molar-refractivity contribution >= 4 is 25.6 Å². The van der Waals surface area contributed by atoms with E-state index in [1.807, 2.05) is 6.92 Å². The minimum atomic E-state index is -3.78. The second kappa shape index (κ2) is 7.63. The lowest BCUT2D eigenvalue weighted by atomic mass is 10.2. The summed E-state index contributed by atoms with van der Waals surface area (Å²) < 4.78 is 32.7. The molecule has 0 bridgehead atoms. The minimum absolute atomic E-state index is 0.0229. The fourth-order valence-corrected chi connectivity index (χ4v) is 2.94. The summed E-state index contributed by atoms with van der Waals surface area (Å²) in [6.45, 7) is 3.65. The summed E-state index contributed by atoms with van der Waals surface area (Å²) >= 11 is 0. The monoisotopic (exact) mass is 335 g/mol. The zero-order chi connectivity index (χ0) is 16.0. The van der Waals surface area contributed by atoms with Crippen molar-refractivity contribution in [3.63, 3.8) is 0 Å². The van der Waals surface area contributed by atoms with Crippen LogP contribution in [0.4, 0.5) is 0 Å². The fraction of sp³-hybridized carbons (Fsp3) is 0.462.